The Hall–Kier alpha value is -2.04. The SMILES string of the molecule is CCCCCC(=O)c1c(O)cc(O)cc1CC(=O)OCC. The Morgan fingerprint density at radius 3 is 2.48 bits per heavy atom. The smallest absolute Gasteiger partial charge is 0.310 e. The number of carbonyl (C=O) groups excluding carboxylic acids is 2. The van der Waals surface area contributed by atoms with E-state index in [9.17, 15) is 19.8 Å². The van der Waals surface area contributed by atoms with Crippen molar-refractivity contribution in [3.05, 3.63) is 23.3 Å². The van der Waals surface area contributed by atoms with Crippen LogP contribution in [0.2, 0.25) is 0 Å². The molecule has 5 nitrogen and oxygen atoms in total. The third-order valence-corrected chi connectivity index (χ3v) is 3.11. The van der Waals surface area contributed by atoms with Crippen LogP contribution in [0.4, 0.5) is 0 Å². The van der Waals surface area contributed by atoms with Crippen LogP contribution in [0.1, 0.15) is 55.5 Å². The van der Waals surface area contributed by atoms with Crippen molar-refractivity contribution in [1.82, 2.24) is 0 Å². The number of benzene rings is 1. The number of phenols is 2. The van der Waals surface area contributed by atoms with Gasteiger partial charge in [0.1, 0.15) is 11.5 Å². The van der Waals surface area contributed by atoms with E-state index in [0.29, 0.717) is 12.0 Å². The molecule has 1 rings (SSSR count). The summed E-state index contributed by atoms with van der Waals surface area (Å²) in [7, 11) is 0. The predicted molar refractivity (Wildman–Crippen MR) is 78.6 cm³/mol. The summed E-state index contributed by atoms with van der Waals surface area (Å²) >= 11 is 0. The van der Waals surface area contributed by atoms with E-state index >= 15 is 0 Å². The third-order valence-electron chi connectivity index (χ3n) is 3.11. The summed E-state index contributed by atoms with van der Waals surface area (Å²) in [6.07, 6.45) is 2.81. The van der Waals surface area contributed by atoms with Gasteiger partial charge in [0.2, 0.25) is 0 Å². The van der Waals surface area contributed by atoms with Gasteiger partial charge in [0.15, 0.2) is 5.78 Å². The van der Waals surface area contributed by atoms with Crippen molar-refractivity contribution in [2.45, 2.75) is 46.0 Å². The Morgan fingerprint density at radius 1 is 1.14 bits per heavy atom. The van der Waals surface area contributed by atoms with Gasteiger partial charge >= 0.3 is 5.97 Å². The highest BCUT2D eigenvalue weighted by molar-refractivity contribution is 6.01. The fourth-order valence-electron chi connectivity index (χ4n) is 2.16. The molecule has 0 aromatic heterocycles. The second-order valence-electron chi connectivity index (χ2n) is 4.86. The first-order valence-corrected chi connectivity index (χ1v) is 7.23. The number of ether oxygens (including phenoxy) is 1. The molecule has 116 valence electrons. The number of carbonyl (C=O) groups is 2. The van der Waals surface area contributed by atoms with E-state index in [0.717, 1.165) is 25.3 Å². The van der Waals surface area contributed by atoms with Crippen molar-refractivity contribution >= 4 is 11.8 Å². The molecule has 0 fully saturated rings. The van der Waals surface area contributed by atoms with E-state index in [1.807, 2.05) is 6.92 Å². The molecule has 0 saturated carbocycles. The highest BCUT2D eigenvalue weighted by Gasteiger charge is 2.19. The van der Waals surface area contributed by atoms with E-state index in [4.69, 9.17) is 4.74 Å². The maximum Gasteiger partial charge on any atom is 0.310 e. The largest absolute Gasteiger partial charge is 0.508 e. The van der Waals surface area contributed by atoms with Crippen molar-refractivity contribution in [1.29, 1.82) is 0 Å². The maximum absolute atomic E-state index is 12.2. The van der Waals surface area contributed by atoms with E-state index in [-0.39, 0.29) is 35.9 Å². The predicted octanol–water partition coefficient (Wildman–Crippen LogP) is 2.97. The second kappa shape index (κ2) is 8.29. The molecule has 0 aliphatic rings. The molecule has 0 spiro atoms. The standard InChI is InChI=1S/C16H22O5/c1-3-5-6-7-13(18)16-11(9-15(20)21-4-2)8-12(17)10-14(16)19/h8,10,17,19H,3-7,9H2,1-2H3. The summed E-state index contributed by atoms with van der Waals surface area (Å²) in [5.74, 6) is -1.20. The molecule has 0 amide bonds. The molecule has 0 bridgehead atoms. The quantitative estimate of drug-likeness (QED) is 0.437. The number of hydrogen-bond acceptors (Lipinski definition) is 5. The molecular weight excluding hydrogens is 272 g/mol. The number of aromatic hydroxyl groups is 2. The van der Waals surface area contributed by atoms with Gasteiger partial charge in [0.05, 0.1) is 18.6 Å². The number of ketones is 1. The second-order valence-corrected chi connectivity index (χ2v) is 4.86. The molecule has 0 unspecified atom stereocenters. The van der Waals surface area contributed by atoms with Crippen LogP contribution in [0, 0.1) is 0 Å². The van der Waals surface area contributed by atoms with Gasteiger partial charge in [0, 0.05) is 12.5 Å². The molecule has 0 radical (unpaired) electrons. The molecule has 0 atom stereocenters. The Bertz CT molecular complexity index is 508. The zero-order chi connectivity index (χ0) is 15.8. The summed E-state index contributed by atoms with van der Waals surface area (Å²) < 4.78 is 4.85. The van der Waals surface area contributed by atoms with E-state index in [2.05, 4.69) is 0 Å². The monoisotopic (exact) mass is 294 g/mol. The zero-order valence-corrected chi connectivity index (χ0v) is 12.5. The number of unbranched alkanes of at least 4 members (excludes halogenated alkanes) is 2. The molecule has 0 heterocycles. The topological polar surface area (TPSA) is 83.8 Å². The number of Topliss-reactive ketones (excluding diaryl/α,β-unsaturated/α-hetero) is 1. The van der Waals surface area contributed by atoms with Gasteiger partial charge in [-0.15, -0.1) is 0 Å². The van der Waals surface area contributed by atoms with Crippen LogP contribution in [0.3, 0.4) is 0 Å². The van der Waals surface area contributed by atoms with Gasteiger partial charge in [-0.2, -0.15) is 0 Å². The van der Waals surface area contributed by atoms with Crippen LogP contribution in [0.25, 0.3) is 0 Å². The molecule has 0 saturated heterocycles. The van der Waals surface area contributed by atoms with Crippen molar-refractivity contribution in [3.8, 4) is 11.5 Å². The van der Waals surface area contributed by atoms with Crippen LogP contribution < -0.4 is 0 Å². The highest BCUT2D eigenvalue weighted by atomic mass is 16.5. The summed E-state index contributed by atoms with van der Waals surface area (Å²) in [6.45, 7) is 3.97. The molecule has 0 aliphatic heterocycles. The minimum atomic E-state index is -0.495. The zero-order valence-electron chi connectivity index (χ0n) is 12.5. The highest BCUT2D eigenvalue weighted by Crippen LogP contribution is 2.29. The third kappa shape index (κ3) is 5.10. The first-order chi connectivity index (χ1) is 9.99. The van der Waals surface area contributed by atoms with Crippen molar-refractivity contribution in [3.63, 3.8) is 0 Å². The molecule has 0 aliphatic carbocycles. The van der Waals surface area contributed by atoms with Gasteiger partial charge in [-0.1, -0.05) is 19.8 Å². The summed E-state index contributed by atoms with van der Waals surface area (Å²) in [5.41, 5.74) is 0.407. The Labute approximate surface area is 124 Å². The van der Waals surface area contributed by atoms with Crippen molar-refractivity contribution in [2.24, 2.45) is 0 Å². The molecule has 5 heteroatoms. The van der Waals surface area contributed by atoms with Gasteiger partial charge in [-0.3, -0.25) is 9.59 Å². The molecule has 2 N–H and O–H groups in total. The van der Waals surface area contributed by atoms with Gasteiger partial charge in [-0.05, 0) is 25.0 Å². The molecular formula is C16H22O5. The number of rotatable bonds is 8. The van der Waals surface area contributed by atoms with E-state index in [1.54, 1.807) is 6.92 Å². The van der Waals surface area contributed by atoms with Crippen LogP contribution in [0.15, 0.2) is 12.1 Å². The molecule has 1 aromatic rings. The lowest BCUT2D eigenvalue weighted by Gasteiger charge is -2.11. The Balaban J connectivity index is 2.99. The summed E-state index contributed by atoms with van der Waals surface area (Å²) in [6, 6.07) is 2.44. The van der Waals surface area contributed by atoms with Gasteiger partial charge in [0.25, 0.3) is 0 Å². The van der Waals surface area contributed by atoms with E-state index in [1.165, 1.54) is 6.07 Å². The normalized spacial score (nSPS) is 10.4. The number of hydrogen-bond donors (Lipinski definition) is 2. The number of esters is 1. The summed E-state index contributed by atoms with van der Waals surface area (Å²) in [5, 5.41) is 19.4. The van der Waals surface area contributed by atoms with Crippen LogP contribution in [0.5, 0.6) is 11.5 Å². The average Bonchev–Trinajstić information content (AvgIpc) is 2.38. The first-order valence-electron chi connectivity index (χ1n) is 7.23. The minimum Gasteiger partial charge on any atom is -0.508 e. The van der Waals surface area contributed by atoms with Gasteiger partial charge in [-0.25, -0.2) is 0 Å². The van der Waals surface area contributed by atoms with Crippen molar-refractivity contribution in [2.75, 3.05) is 6.61 Å². The Kier molecular flexibility index (Phi) is 6.72. The van der Waals surface area contributed by atoms with Crippen LogP contribution in [-0.2, 0) is 16.0 Å². The van der Waals surface area contributed by atoms with Crippen molar-refractivity contribution < 1.29 is 24.5 Å². The molecule has 1 aromatic carbocycles. The average molecular weight is 294 g/mol. The van der Waals surface area contributed by atoms with Gasteiger partial charge < -0.3 is 14.9 Å². The van der Waals surface area contributed by atoms with Crippen LogP contribution in [-0.4, -0.2) is 28.6 Å². The summed E-state index contributed by atoms with van der Waals surface area (Å²) in [4.78, 5) is 23.8. The molecule has 21 heavy (non-hydrogen) atoms. The number of phenolic OH excluding ortho intramolecular Hbond substituents is 2. The van der Waals surface area contributed by atoms with E-state index < -0.39 is 5.97 Å². The Morgan fingerprint density at radius 2 is 1.86 bits per heavy atom. The first kappa shape index (κ1) is 17.0. The van der Waals surface area contributed by atoms with Crippen LogP contribution >= 0.6 is 0 Å². The lowest BCUT2D eigenvalue weighted by molar-refractivity contribution is -0.142. The lowest BCUT2D eigenvalue weighted by atomic mass is 9.96. The fourth-order valence-corrected chi connectivity index (χ4v) is 2.16. The maximum atomic E-state index is 12.2. The fraction of sp³-hybridized carbons (Fsp3) is 0.500. The minimum absolute atomic E-state index is 0.108. The lowest BCUT2D eigenvalue weighted by Crippen LogP contribution is -2.12.